The number of aromatic amines is 2. The SMILES string of the molecule is COC(=O)c1cn(C[C@H](c2ccc(N(C)C)cc2)c2c[nH]c3ccccc23)cc2c(=O)[nH]nc1-2. The number of nitrogens with one attached hydrogen (secondary N) is 2. The molecule has 3 heterocycles. The maximum absolute atomic E-state index is 12.4. The Morgan fingerprint density at radius 2 is 1.88 bits per heavy atom. The van der Waals surface area contributed by atoms with Gasteiger partial charge in [0.25, 0.3) is 5.56 Å². The maximum atomic E-state index is 12.4. The van der Waals surface area contributed by atoms with E-state index in [0.29, 0.717) is 17.8 Å². The average Bonchev–Trinajstić information content (AvgIpc) is 3.45. The fourth-order valence-corrected chi connectivity index (χ4v) is 4.44. The number of anilines is 1. The van der Waals surface area contributed by atoms with Gasteiger partial charge < -0.3 is 19.2 Å². The van der Waals surface area contributed by atoms with Gasteiger partial charge in [-0.2, -0.15) is 5.10 Å². The summed E-state index contributed by atoms with van der Waals surface area (Å²) in [6.45, 7) is 0.508. The standard InChI is InChI=1S/C26H25N5O3/c1-30(2)17-10-8-16(9-11-17)20(19-12-27-23-7-5-4-6-18(19)23)13-31-14-21-24(28-29-25(21)32)22(15-31)26(33)34-3/h4-12,14-15,20,27H,13H2,1-3H3,(H,29,32)/t20-/m1/s1. The summed E-state index contributed by atoms with van der Waals surface area (Å²) in [4.78, 5) is 30.2. The predicted octanol–water partition coefficient (Wildman–Crippen LogP) is 3.84. The maximum Gasteiger partial charge on any atom is 0.341 e. The first-order chi connectivity index (χ1) is 16.5. The summed E-state index contributed by atoms with van der Waals surface area (Å²) in [5, 5.41) is 7.59. The monoisotopic (exact) mass is 455 g/mol. The summed E-state index contributed by atoms with van der Waals surface area (Å²) < 4.78 is 6.82. The zero-order valence-corrected chi connectivity index (χ0v) is 19.2. The number of para-hydroxylation sites is 1. The molecule has 8 nitrogen and oxygen atoms in total. The molecule has 0 aliphatic carbocycles. The fourth-order valence-electron chi connectivity index (χ4n) is 4.44. The number of nitrogens with zero attached hydrogens (tertiary/aromatic N) is 3. The molecule has 0 amide bonds. The fraction of sp³-hybridized carbons (Fsp3) is 0.192. The van der Waals surface area contributed by atoms with Crippen LogP contribution < -0.4 is 10.5 Å². The third kappa shape index (κ3) is 3.73. The number of hydrogen-bond donors (Lipinski definition) is 2. The second-order valence-electron chi connectivity index (χ2n) is 8.50. The summed E-state index contributed by atoms with van der Waals surface area (Å²) >= 11 is 0. The second-order valence-corrected chi connectivity index (χ2v) is 8.50. The zero-order chi connectivity index (χ0) is 23.8. The van der Waals surface area contributed by atoms with Crippen molar-refractivity contribution in [3.8, 4) is 11.3 Å². The molecule has 34 heavy (non-hydrogen) atoms. The van der Waals surface area contributed by atoms with Crippen LogP contribution in [0.1, 0.15) is 27.4 Å². The number of rotatable bonds is 6. The molecule has 0 unspecified atom stereocenters. The molecular formula is C26H25N5O3. The van der Waals surface area contributed by atoms with E-state index in [2.05, 4.69) is 56.5 Å². The van der Waals surface area contributed by atoms with Gasteiger partial charge in [0, 0.05) is 61.7 Å². The highest BCUT2D eigenvalue weighted by molar-refractivity contribution is 5.96. The summed E-state index contributed by atoms with van der Waals surface area (Å²) in [6, 6.07) is 16.6. The molecule has 2 N–H and O–H groups in total. The molecule has 172 valence electrons. The van der Waals surface area contributed by atoms with E-state index < -0.39 is 5.97 Å². The van der Waals surface area contributed by atoms with Crippen molar-refractivity contribution < 1.29 is 9.53 Å². The van der Waals surface area contributed by atoms with E-state index in [4.69, 9.17) is 4.74 Å². The van der Waals surface area contributed by atoms with Crippen LogP contribution >= 0.6 is 0 Å². The number of benzene rings is 2. The lowest BCUT2D eigenvalue weighted by Crippen LogP contribution is -2.16. The van der Waals surface area contributed by atoms with E-state index in [1.807, 2.05) is 37.0 Å². The number of ether oxygens (including phenoxy) is 1. The van der Waals surface area contributed by atoms with Crippen LogP contribution in [0.15, 0.2) is 71.9 Å². The molecule has 0 spiro atoms. The first-order valence-electron chi connectivity index (χ1n) is 11.0. The highest BCUT2D eigenvalue weighted by atomic mass is 16.5. The minimum Gasteiger partial charge on any atom is -0.465 e. The zero-order valence-electron chi connectivity index (χ0n) is 19.2. The number of carbonyl (C=O) groups excluding carboxylic acids is 1. The highest BCUT2D eigenvalue weighted by Crippen LogP contribution is 2.34. The lowest BCUT2D eigenvalue weighted by molar-refractivity contribution is 0.0600. The molecule has 8 heteroatoms. The number of methoxy groups -OCH3 is 1. The molecule has 0 saturated carbocycles. The van der Waals surface area contributed by atoms with Crippen molar-refractivity contribution in [1.82, 2.24) is 19.7 Å². The van der Waals surface area contributed by atoms with E-state index in [-0.39, 0.29) is 17.0 Å². The van der Waals surface area contributed by atoms with Gasteiger partial charge in [-0.25, -0.2) is 9.89 Å². The lowest BCUT2D eigenvalue weighted by Gasteiger charge is -2.22. The van der Waals surface area contributed by atoms with Gasteiger partial charge in [-0.15, -0.1) is 0 Å². The Balaban J connectivity index is 1.65. The Morgan fingerprint density at radius 1 is 1.12 bits per heavy atom. The van der Waals surface area contributed by atoms with Crippen molar-refractivity contribution >= 4 is 22.6 Å². The van der Waals surface area contributed by atoms with E-state index in [1.165, 1.54) is 7.11 Å². The van der Waals surface area contributed by atoms with Gasteiger partial charge in [0.1, 0.15) is 11.3 Å². The number of esters is 1. The third-order valence-corrected chi connectivity index (χ3v) is 6.22. The second kappa shape index (κ2) is 8.55. The van der Waals surface area contributed by atoms with Crippen LogP contribution in [0.4, 0.5) is 5.69 Å². The average molecular weight is 456 g/mol. The molecule has 0 radical (unpaired) electrons. The molecule has 3 aromatic rings. The van der Waals surface area contributed by atoms with Gasteiger partial charge in [-0.05, 0) is 29.3 Å². The smallest absolute Gasteiger partial charge is 0.341 e. The van der Waals surface area contributed by atoms with Crippen LogP contribution in [0.5, 0.6) is 0 Å². The Labute approximate surface area is 196 Å². The molecule has 1 atom stereocenters. The topological polar surface area (TPSA) is 96.0 Å². The largest absolute Gasteiger partial charge is 0.465 e. The Kier molecular flexibility index (Phi) is 5.41. The van der Waals surface area contributed by atoms with Crippen LogP contribution in [0.2, 0.25) is 0 Å². The molecule has 0 saturated heterocycles. The number of pyridine rings is 1. The van der Waals surface area contributed by atoms with Gasteiger partial charge >= 0.3 is 5.97 Å². The van der Waals surface area contributed by atoms with E-state index in [9.17, 15) is 9.59 Å². The summed E-state index contributed by atoms with van der Waals surface area (Å²) in [5.74, 6) is -0.577. The first-order valence-corrected chi connectivity index (χ1v) is 11.0. The molecule has 5 rings (SSSR count). The summed E-state index contributed by atoms with van der Waals surface area (Å²) in [7, 11) is 5.34. The summed E-state index contributed by atoms with van der Waals surface area (Å²) in [6.07, 6.45) is 5.47. The third-order valence-electron chi connectivity index (χ3n) is 6.22. The Bertz CT molecular complexity index is 1490. The quantitative estimate of drug-likeness (QED) is 0.379. The summed E-state index contributed by atoms with van der Waals surface area (Å²) in [5.41, 5.74) is 4.99. The van der Waals surface area contributed by atoms with E-state index in [1.54, 1.807) is 12.4 Å². The number of carbonyl (C=O) groups is 1. The molecule has 1 aromatic heterocycles. The van der Waals surface area contributed by atoms with Crippen molar-refractivity contribution in [3.05, 3.63) is 94.2 Å². The lowest BCUT2D eigenvalue weighted by atomic mass is 9.90. The molecule has 0 bridgehead atoms. The predicted molar refractivity (Wildman–Crippen MR) is 132 cm³/mol. The molecule has 2 aliphatic rings. The van der Waals surface area contributed by atoms with Crippen molar-refractivity contribution in [3.63, 3.8) is 0 Å². The van der Waals surface area contributed by atoms with Crippen LogP contribution in [-0.2, 0) is 11.3 Å². The minimum absolute atomic E-state index is 0.0395. The van der Waals surface area contributed by atoms with Crippen LogP contribution in [0.3, 0.4) is 0 Å². The van der Waals surface area contributed by atoms with Gasteiger partial charge in [-0.3, -0.25) is 4.79 Å². The molecular weight excluding hydrogens is 430 g/mol. The van der Waals surface area contributed by atoms with Crippen molar-refractivity contribution in [2.45, 2.75) is 12.5 Å². The van der Waals surface area contributed by atoms with Crippen molar-refractivity contribution in [1.29, 1.82) is 0 Å². The number of fused-ring (bicyclic) bond motifs is 2. The number of hydrogen-bond acceptors (Lipinski definition) is 5. The van der Waals surface area contributed by atoms with Crippen molar-refractivity contribution in [2.75, 3.05) is 26.1 Å². The van der Waals surface area contributed by atoms with Gasteiger partial charge in [0.2, 0.25) is 0 Å². The minimum atomic E-state index is -0.537. The van der Waals surface area contributed by atoms with Gasteiger partial charge in [0.05, 0.1) is 12.7 Å². The molecule has 2 aromatic carbocycles. The van der Waals surface area contributed by atoms with Gasteiger partial charge in [0.15, 0.2) is 0 Å². The Hall–Kier alpha value is -4.33. The molecule has 2 aliphatic heterocycles. The Morgan fingerprint density at radius 3 is 2.62 bits per heavy atom. The first kappa shape index (κ1) is 21.5. The van der Waals surface area contributed by atoms with Crippen LogP contribution in [0.25, 0.3) is 22.2 Å². The highest BCUT2D eigenvalue weighted by Gasteiger charge is 2.24. The van der Waals surface area contributed by atoms with Crippen LogP contribution in [-0.4, -0.2) is 46.9 Å². The number of aromatic nitrogens is 4. The van der Waals surface area contributed by atoms with Crippen LogP contribution in [0, 0.1) is 0 Å². The molecule has 0 fully saturated rings. The number of H-pyrrole nitrogens is 2. The van der Waals surface area contributed by atoms with Gasteiger partial charge in [-0.1, -0.05) is 30.3 Å². The van der Waals surface area contributed by atoms with Crippen molar-refractivity contribution in [2.24, 2.45) is 0 Å². The van der Waals surface area contributed by atoms with E-state index in [0.717, 1.165) is 27.7 Å². The van der Waals surface area contributed by atoms with E-state index >= 15 is 0 Å². The normalized spacial score (nSPS) is 12.2.